The molecular weight excluding hydrogens is 504 g/mol. The number of carbonyl (C=O) groups is 2. The molecule has 0 spiro atoms. The minimum Gasteiger partial charge on any atom is -0.478 e. The zero-order chi connectivity index (χ0) is 25.1. The first-order valence-electron chi connectivity index (χ1n) is 11.3. The van der Waals surface area contributed by atoms with Gasteiger partial charge in [-0.25, -0.2) is 4.98 Å². The van der Waals surface area contributed by atoms with E-state index in [0.29, 0.717) is 40.9 Å². The van der Waals surface area contributed by atoms with Gasteiger partial charge in [0.25, 0.3) is 0 Å². The van der Waals surface area contributed by atoms with Crippen LogP contribution in [0.1, 0.15) is 44.4 Å². The van der Waals surface area contributed by atoms with Gasteiger partial charge in [0, 0.05) is 17.4 Å². The number of nitrogens with zero attached hydrogens (tertiary/aromatic N) is 1. The molecule has 4 rings (SSSR count). The summed E-state index contributed by atoms with van der Waals surface area (Å²) in [6.45, 7) is 3.92. The number of hydrogen-bond acceptors (Lipinski definition) is 7. The second-order valence-electron chi connectivity index (χ2n) is 9.10. The van der Waals surface area contributed by atoms with Gasteiger partial charge in [0.15, 0.2) is 5.78 Å². The second kappa shape index (κ2) is 10.7. The lowest BCUT2D eigenvalue weighted by Crippen LogP contribution is -2.58. The minimum absolute atomic E-state index is 0.0622. The summed E-state index contributed by atoms with van der Waals surface area (Å²) in [5, 5.41) is 16.5. The molecule has 2 N–H and O–H groups in total. The molecule has 0 aliphatic carbocycles. The summed E-state index contributed by atoms with van der Waals surface area (Å²) in [5.74, 6) is -0.166. The van der Waals surface area contributed by atoms with Gasteiger partial charge in [-0.05, 0) is 67.3 Å². The molecule has 1 fully saturated rings. The zero-order valence-electron chi connectivity index (χ0n) is 19.5. The first-order chi connectivity index (χ1) is 16.7. The number of aromatic nitrogens is 1. The van der Waals surface area contributed by atoms with E-state index in [9.17, 15) is 14.7 Å². The van der Waals surface area contributed by atoms with E-state index in [1.807, 2.05) is 35.0 Å². The summed E-state index contributed by atoms with van der Waals surface area (Å²) in [5.41, 5.74) is -0.499. The number of amides is 1. The van der Waals surface area contributed by atoms with Gasteiger partial charge in [-0.1, -0.05) is 29.8 Å². The summed E-state index contributed by atoms with van der Waals surface area (Å²) in [7, 11) is 0. The number of aliphatic hydroxyl groups is 1. The number of ketones is 1. The molecule has 2 atom stereocenters. The molecule has 0 bridgehead atoms. The molecular formula is C26H27ClN2O4S2. The molecule has 0 saturated carbocycles. The maximum Gasteiger partial charge on any atom is 0.242 e. The first-order valence-corrected chi connectivity index (χ1v) is 13.5. The van der Waals surface area contributed by atoms with Gasteiger partial charge in [0.1, 0.15) is 10.8 Å². The monoisotopic (exact) mass is 530 g/mol. The van der Waals surface area contributed by atoms with E-state index in [0.717, 1.165) is 17.3 Å². The average molecular weight is 531 g/mol. The van der Waals surface area contributed by atoms with Crippen LogP contribution in [0, 0.1) is 0 Å². The Morgan fingerprint density at radius 3 is 2.71 bits per heavy atom. The fourth-order valence-electron chi connectivity index (χ4n) is 4.01. The number of rotatable bonds is 9. The van der Waals surface area contributed by atoms with E-state index in [4.69, 9.17) is 16.3 Å². The number of pyridine rings is 1. The second-order valence-corrected chi connectivity index (χ2v) is 11.4. The van der Waals surface area contributed by atoms with Crippen molar-refractivity contribution in [1.82, 2.24) is 10.3 Å². The Kier molecular flexibility index (Phi) is 7.86. The molecule has 1 aliphatic heterocycles. The summed E-state index contributed by atoms with van der Waals surface area (Å²) >= 11 is 8.92. The number of nitrogens with one attached hydrogen (secondary N) is 1. The van der Waals surface area contributed by atoms with Crippen molar-refractivity contribution < 1.29 is 19.4 Å². The van der Waals surface area contributed by atoms with Crippen LogP contribution in [-0.2, 0) is 15.1 Å². The van der Waals surface area contributed by atoms with E-state index in [1.165, 1.54) is 11.3 Å². The molecule has 184 valence electrons. The molecule has 3 aromatic rings. The number of Topliss-reactive ketones (excluding diaryl/α,β-unsaturated/α-hetero) is 1. The Morgan fingerprint density at radius 2 is 2.03 bits per heavy atom. The van der Waals surface area contributed by atoms with Crippen molar-refractivity contribution in [3.8, 4) is 5.88 Å². The zero-order valence-corrected chi connectivity index (χ0v) is 21.9. The molecule has 0 radical (unpaired) electrons. The van der Waals surface area contributed by atoms with E-state index in [2.05, 4.69) is 10.3 Å². The molecule has 2 unspecified atom stereocenters. The van der Waals surface area contributed by atoms with E-state index >= 15 is 0 Å². The Labute approximate surface area is 218 Å². The highest BCUT2D eigenvalue weighted by Crippen LogP contribution is 2.41. The van der Waals surface area contributed by atoms with Gasteiger partial charge in [-0.15, -0.1) is 11.8 Å². The van der Waals surface area contributed by atoms with Crippen molar-refractivity contribution in [2.75, 3.05) is 6.61 Å². The number of thiophene rings is 1. The van der Waals surface area contributed by atoms with Gasteiger partial charge >= 0.3 is 0 Å². The van der Waals surface area contributed by atoms with Crippen LogP contribution in [0.5, 0.6) is 5.88 Å². The fourth-order valence-corrected chi connectivity index (χ4v) is 5.98. The third kappa shape index (κ3) is 6.06. The lowest BCUT2D eigenvalue weighted by Gasteiger charge is -2.39. The van der Waals surface area contributed by atoms with Crippen LogP contribution in [0.25, 0.3) is 0 Å². The molecule has 1 saturated heterocycles. The van der Waals surface area contributed by atoms with Crippen LogP contribution in [-0.4, -0.2) is 39.2 Å². The Hall–Kier alpha value is -2.39. The number of piperidine rings is 1. The fraction of sp³-hybridized carbons (Fsp3) is 0.346. The van der Waals surface area contributed by atoms with Crippen molar-refractivity contribution in [2.24, 2.45) is 0 Å². The lowest BCUT2D eigenvalue weighted by atomic mass is 9.79. The standard InChI is InChI=1S/C26H27ClN2O4S2/c1-25(2,32)12-6-13-33-22-10-5-9-21(28-22)26(17-11-14-34-16-17)15-19(30)23(24(31)29-26)35-20-8-4-3-7-18(20)27/h3-5,7-11,14,16,23,32H,6,12-13,15H2,1-2H3,(H,29,31). The van der Waals surface area contributed by atoms with Crippen molar-refractivity contribution in [1.29, 1.82) is 0 Å². The number of benzene rings is 1. The van der Waals surface area contributed by atoms with E-state index < -0.39 is 16.4 Å². The number of hydrogen-bond donors (Lipinski definition) is 2. The number of ether oxygens (including phenoxy) is 1. The number of thioether (sulfide) groups is 1. The number of carbonyl (C=O) groups excluding carboxylic acids is 2. The van der Waals surface area contributed by atoms with Crippen molar-refractivity contribution >= 4 is 46.4 Å². The summed E-state index contributed by atoms with van der Waals surface area (Å²) < 4.78 is 5.83. The van der Waals surface area contributed by atoms with Gasteiger partial charge in [0.2, 0.25) is 11.8 Å². The highest BCUT2D eigenvalue weighted by atomic mass is 35.5. The Balaban J connectivity index is 1.58. The molecule has 2 aromatic heterocycles. The number of halogens is 1. The minimum atomic E-state index is -1.09. The third-order valence-corrected chi connectivity index (χ3v) is 8.19. The predicted octanol–water partition coefficient (Wildman–Crippen LogP) is 5.22. The predicted molar refractivity (Wildman–Crippen MR) is 139 cm³/mol. The van der Waals surface area contributed by atoms with Crippen LogP contribution in [0.3, 0.4) is 0 Å². The smallest absolute Gasteiger partial charge is 0.242 e. The first kappa shape index (κ1) is 25.7. The normalized spacial score (nSPS) is 20.5. The maximum atomic E-state index is 13.4. The van der Waals surface area contributed by atoms with E-state index in [-0.39, 0.29) is 18.1 Å². The molecule has 1 aromatic carbocycles. The quantitative estimate of drug-likeness (QED) is 0.291. The Morgan fingerprint density at radius 1 is 1.23 bits per heavy atom. The summed E-state index contributed by atoms with van der Waals surface area (Å²) in [6.07, 6.45) is 1.33. The van der Waals surface area contributed by atoms with Crippen molar-refractivity contribution in [3.63, 3.8) is 0 Å². The van der Waals surface area contributed by atoms with Gasteiger partial charge in [-0.3, -0.25) is 9.59 Å². The van der Waals surface area contributed by atoms with Crippen molar-refractivity contribution in [2.45, 2.75) is 54.4 Å². The van der Waals surface area contributed by atoms with Crippen LogP contribution in [0.2, 0.25) is 5.02 Å². The average Bonchev–Trinajstić information content (AvgIpc) is 3.35. The van der Waals surface area contributed by atoms with Gasteiger partial charge in [-0.2, -0.15) is 11.3 Å². The van der Waals surface area contributed by atoms with Crippen molar-refractivity contribution in [3.05, 3.63) is 75.6 Å². The summed E-state index contributed by atoms with van der Waals surface area (Å²) in [4.78, 5) is 32.1. The topological polar surface area (TPSA) is 88.5 Å². The van der Waals surface area contributed by atoms with Crippen LogP contribution >= 0.6 is 34.7 Å². The van der Waals surface area contributed by atoms with Gasteiger partial charge < -0.3 is 15.2 Å². The molecule has 1 amide bonds. The molecule has 6 nitrogen and oxygen atoms in total. The molecule has 3 heterocycles. The van der Waals surface area contributed by atoms with Crippen LogP contribution in [0.4, 0.5) is 0 Å². The molecule has 9 heteroatoms. The van der Waals surface area contributed by atoms with Crippen LogP contribution in [0.15, 0.2) is 64.2 Å². The third-order valence-electron chi connectivity index (χ3n) is 5.75. The van der Waals surface area contributed by atoms with Crippen LogP contribution < -0.4 is 10.1 Å². The lowest BCUT2D eigenvalue weighted by molar-refractivity contribution is -0.133. The molecule has 1 aliphatic rings. The maximum absolute atomic E-state index is 13.4. The SMILES string of the molecule is CC(C)(O)CCCOc1cccc(C2(c3ccsc3)CC(=O)C(Sc3ccccc3Cl)C(=O)N2)n1. The highest BCUT2D eigenvalue weighted by Gasteiger charge is 2.48. The Bertz CT molecular complexity index is 1180. The highest BCUT2D eigenvalue weighted by molar-refractivity contribution is 8.01. The largest absolute Gasteiger partial charge is 0.478 e. The molecule has 35 heavy (non-hydrogen) atoms. The summed E-state index contributed by atoms with van der Waals surface area (Å²) in [6, 6.07) is 14.4. The van der Waals surface area contributed by atoms with Gasteiger partial charge in [0.05, 0.1) is 22.9 Å². The van der Waals surface area contributed by atoms with E-state index in [1.54, 1.807) is 38.1 Å².